The lowest BCUT2D eigenvalue weighted by Gasteiger charge is -2.21. The van der Waals surface area contributed by atoms with Crippen LogP contribution < -0.4 is 4.74 Å². The van der Waals surface area contributed by atoms with Crippen molar-refractivity contribution < 1.29 is 19.4 Å². The van der Waals surface area contributed by atoms with Gasteiger partial charge in [0.1, 0.15) is 24.5 Å². The van der Waals surface area contributed by atoms with Crippen LogP contribution in [0, 0.1) is 20.8 Å². The third-order valence-corrected chi connectivity index (χ3v) is 4.97. The van der Waals surface area contributed by atoms with E-state index in [1.807, 2.05) is 32.9 Å². The van der Waals surface area contributed by atoms with E-state index in [1.54, 1.807) is 4.90 Å². The number of carbonyl (C=O) groups excluding carboxylic acids is 2. The van der Waals surface area contributed by atoms with Crippen LogP contribution in [0.4, 0.5) is 4.79 Å². The molecule has 2 saturated heterocycles. The van der Waals surface area contributed by atoms with Gasteiger partial charge >= 0.3 is 6.03 Å². The number of carbonyl (C=O) groups is 2. The van der Waals surface area contributed by atoms with Gasteiger partial charge in [0.05, 0.1) is 6.54 Å². The summed E-state index contributed by atoms with van der Waals surface area (Å²) in [5.41, 5.74) is 3.16. The van der Waals surface area contributed by atoms with E-state index in [2.05, 4.69) is 0 Å². The van der Waals surface area contributed by atoms with Crippen LogP contribution >= 0.6 is 0 Å². The van der Waals surface area contributed by atoms with Crippen molar-refractivity contribution in [2.24, 2.45) is 0 Å². The first-order valence-corrected chi connectivity index (χ1v) is 8.39. The number of rotatable bonds is 5. The van der Waals surface area contributed by atoms with Crippen LogP contribution in [0.15, 0.2) is 12.1 Å². The summed E-state index contributed by atoms with van der Waals surface area (Å²) in [6.07, 6.45) is 0.681. The molecule has 2 heterocycles. The Morgan fingerprint density at radius 3 is 2.67 bits per heavy atom. The molecule has 0 spiro atoms. The fourth-order valence-corrected chi connectivity index (χ4v) is 3.44. The molecule has 2 atom stereocenters. The van der Waals surface area contributed by atoms with Crippen molar-refractivity contribution in [1.29, 1.82) is 0 Å². The van der Waals surface area contributed by atoms with E-state index in [0.29, 0.717) is 6.54 Å². The maximum atomic E-state index is 12.3. The molecule has 2 unspecified atom stereocenters. The summed E-state index contributed by atoms with van der Waals surface area (Å²) < 4.78 is 5.77. The van der Waals surface area contributed by atoms with Gasteiger partial charge < -0.3 is 14.7 Å². The maximum Gasteiger partial charge on any atom is 0.327 e. The first-order chi connectivity index (χ1) is 11.4. The summed E-state index contributed by atoms with van der Waals surface area (Å²) in [5.74, 6) is 0.563. The minimum absolute atomic E-state index is 0.0193. The molecule has 0 aliphatic carbocycles. The van der Waals surface area contributed by atoms with Crippen molar-refractivity contribution >= 4 is 11.9 Å². The van der Waals surface area contributed by atoms with Gasteiger partial charge in [-0.05, 0) is 50.3 Å². The first-order valence-electron chi connectivity index (χ1n) is 8.39. The van der Waals surface area contributed by atoms with Crippen molar-refractivity contribution in [3.05, 3.63) is 28.8 Å². The Bertz CT molecular complexity index is 651. The number of hydrogen-bond acceptors (Lipinski definition) is 4. The molecule has 0 aromatic heterocycles. The zero-order chi connectivity index (χ0) is 17.4. The molecule has 2 aliphatic rings. The molecule has 0 saturated carbocycles. The topological polar surface area (TPSA) is 70.1 Å². The fraction of sp³-hybridized carbons (Fsp3) is 0.556. The number of aryl methyl sites for hydroxylation is 2. The number of nitrogens with zero attached hydrogens (tertiary/aromatic N) is 2. The molecule has 0 bridgehead atoms. The van der Waals surface area contributed by atoms with E-state index in [-0.39, 0.29) is 31.1 Å². The van der Waals surface area contributed by atoms with Gasteiger partial charge in [0.15, 0.2) is 0 Å². The summed E-state index contributed by atoms with van der Waals surface area (Å²) >= 11 is 0. The van der Waals surface area contributed by atoms with Gasteiger partial charge in [-0.1, -0.05) is 12.1 Å². The number of ether oxygens (including phenoxy) is 1. The van der Waals surface area contributed by atoms with Crippen LogP contribution in [0.1, 0.15) is 29.5 Å². The smallest absolute Gasteiger partial charge is 0.327 e. The Labute approximate surface area is 142 Å². The van der Waals surface area contributed by atoms with Crippen LogP contribution in [-0.4, -0.2) is 58.7 Å². The molecule has 130 valence electrons. The van der Waals surface area contributed by atoms with Crippen molar-refractivity contribution in [2.75, 3.05) is 19.7 Å². The second-order valence-electron chi connectivity index (χ2n) is 6.70. The van der Waals surface area contributed by atoms with Crippen molar-refractivity contribution in [1.82, 2.24) is 9.80 Å². The van der Waals surface area contributed by atoms with Gasteiger partial charge in [-0.25, -0.2) is 4.79 Å². The highest BCUT2D eigenvalue weighted by Gasteiger charge is 2.47. The monoisotopic (exact) mass is 332 g/mol. The maximum absolute atomic E-state index is 12.3. The Morgan fingerprint density at radius 2 is 1.96 bits per heavy atom. The Morgan fingerprint density at radius 1 is 1.25 bits per heavy atom. The van der Waals surface area contributed by atoms with Gasteiger partial charge in [-0.3, -0.25) is 9.69 Å². The SMILES string of the molecule is Cc1ccc(C)c(OCC(O)CN2C(=O)C3CCCN3C2=O)c1C. The number of aliphatic hydroxyl groups is 1. The van der Waals surface area contributed by atoms with Crippen LogP contribution in [0.2, 0.25) is 0 Å². The minimum Gasteiger partial charge on any atom is -0.490 e. The molecule has 1 N–H and O–H groups in total. The second kappa shape index (κ2) is 6.43. The largest absolute Gasteiger partial charge is 0.490 e. The predicted molar refractivity (Wildman–Crippen MR) is 89.0 cm³/mol. The predicted octanol–water partition coefficient (Wildman–Crippen LogP) is 1.78. The number of hydrogen-bond donors (Lipinski definition) is 1. The zero-order valence-corrected chi connectivity index (χ0v) is 14.4. The van der Waals surface area contributed by atoms with Crippen LogP contribution in [0.5, 0.6) is 5.75 Å². The van der Waals surface area contributed by atoms with E-state index in [9.17, 15) is 14.7 Å². The van der Waals surface area contributed by atoms with E-state index in [0.717, 1.165) is 40.2 Å². The number of imide groups is 1. The Hall–Kier alpha value is -2.08. The standard InChI is InChI=1S/C18H24N2O4/c1-11-6-7-12(2)16(13(11)3)24-10-14(21)9-20-17(22)15-5-4-8-19(15)18(20)23/h6-7,14-15,21H,4-5,8-10H2,1-3H3. The van der Waals surface area contributed by atoms with Crippen LogP contribution in [-0.2, 0) is 4.79 Å². The number of urea groups is 1. The van der Waals surface area contributed by atoms with Crippen molar-refractivity contribution in [3.63, 3.8) is 0 Å². The van der Waals surface area contributed by atoms with Crippen molar-refractivity contribution in [3.8, 4) is 5.75 Å². The van der Waals surface area contributed by atoms with E-state index in [4.69, 9.17) is 4.74 Å². The molecule has 6 heteroatoms. The molecule has 3 rings (SSSR count). The lowest BCUT2D eigenvalue weighted by Crippen LogP contribution is -2.41. The van der Waals surface area contributed by atoms with Gasteiger partial charge in [-0.15, -0.1) is 0 Å². The highest BCUT2D eigenvalue weighted by atomic mass is 16.5. The van der Waals surface area contributed by atoms with Gasteiger partial charge in [0.25, 0.3) is 5.91 Å². The quantitative estimate of drug-likeness (QED) is 0.835. The third-order valence-electron chi connectivity index (χ3n) is 4.97. The fourth-order valence-electron chi connectivity index (χ4n) is 3.44. The van der Waals surface area contributed by atoms with Crippen LogP contribution in [0.25, 0.3) is 0 Å². The molecular formula is C18H24N2O4. The normalized spacial score (nSPS) is 21.4. The zero-order valence-electron chi connectivity index (χ0n) is 14.4. The van der Waals surface area contributed by atoms with Crippen molar-refractivity contribution in [2.45, 2.75) is 45.8 Å². The summed E-state index contributed by atoms with van der Waals surface area (Å²) in [6.45, 7) is 6.59. The molecule has 1 aromatic rings. The molecular weight excluding hydrogens is 308 g/mol. The second-order valence-corrected chi connectivity index (χ2v) is 6.70. The highest BCUT2D eigenvalue weighted by Crippen LogP contribution is 2.28. The van der Waals surface area contributed by atoms with Gasteiger partial charge in [0, 0.05) is 6.54 Å². The molecule has 24 heavy (non-hydrogen) atoms. The lowest BCUT2D eigenvalue weighted by molar-refractivity contribution is -0.129. The molecule has 3 amide bonds. The summed E-state index contributed by atoms with van der Waals surface area (Å²) in [4.78, 5) is 27.3. The Kier molecular flexibility index (Phi) is 4.49. The van der Waals surface area contributed by atoms with Gasteiger partial charge in [0.2, 0.25) is 0 Å². The minimum atomic E-state index is -0.905. The summed E-state index contributed by atoms with van der Waals surface area (Å²) in [5, 5.41) is 10.2. The molecule has 6 nitrogen and oxygen atoms in total. The van der Waals surface area contributed by atoms with E-state index in [1.165, 1.54) is 0 Å². The third kappa shape index (κ3) is 2.86. The van der Waals surface area contributed by atoms with E-state index >= 15 is 0 Å². The summed E-state index contributed by atoms with van der Waals surface area (Å²) in [6, 6.07) is 3.39. The number of β-amino-alcohol motifs (C(OH)–C–C–N with tert-alkyl or cyclic N) is 1. The van der Waals surface area contributed by atoms with Gasteiger partial charge in [-0.2, -0.15) is 0 Å². The highest BCUT2D eigenvalue weighted by molar-refractivity contribution is 6.04. The molecule has 0 radical (unpaired) electrons. The number of amides is 3. The van der Waals surface area contributed by atoms with E-state index < -0.39 is 6.10 Å². The van der Waals surface area contributed by atoms with Crippen LogP contribution in [0.3, 0.4) is 0 Å². The Balaban J connectivity index is 1.61. The molecule has 1 aromatic carbocycles. The summed E-state index contributed by atoms with van der Waals surface area (Å²) in [7, 11) is 0. The average Bonchev–Trinajstić information content (AvgIpc) is 3.11. The number of aliphatic hydroxyl groups excluding tert-OH is 1. The average molecular weight is 332 g/mol. The molecule has 2 fully saturated rings. The lowest BCUT2D eigenvalue weighted by atomic mass is 10.1. The first kappa shape index (κ1) is 16.8. The molecule has 2 aliphatic heterocycles. The number of benzene rings is 1. The number of fused-ring (bicyclic) bond motifs is 1.